The van der Waals surface area contributed by atoms with Crippen LogP contribution >= 0.6 is 0 Å². The number of hydrogen-bond donors (Lipinski definition) is 3. The van der Waals surface area contributed by atoms with Gasteiger partial charge in [0, 0.05) is 26.2 Å². The van der Waals surface area contributed by atoms with E-state index < -0.39 is 10.2 Å². The summed E-state index contributed by atoms with van der Waals surface area (Å²) in [6, 6.07) is 0.0478. The summed E-state index contributed by atoms with van der Waals surface area (Å²) in [5, 5.41) is 0. The molecule has 1 atom stereocenters. The molecule has 0 saturated heterocycles. The topological polar surface area (TPSA) is 93.5 Å². The van der Waals surface area contributed by atoms with Crippen LogP contribution in [-0.4, -0.2) is 41.3 Å². The summed E-state index contributed by atoms with van der Waals surface area (Å²) in [6.45, 7) is 2.95. The fourth-order valence-electron chi connectivity index (χ4n) is 0.912. The van der Waals surface area contributed by atoms with Gasteiger partial charge in [-0.05, 0) is 12.8 Å². The second kappa shape index (κ2) is 8.00. The first kappa shape index (κ1) is 14.8. The van der Waals surface area contributed by atoms with Crippen LogP contribution in [0.15, 0.2) is 0 Å². The molecule has 15 heavy (non-hydrogen) atoms. The second-order valence-electron chi connectivity index (χ2n) is 3.24. The molecule has 0 heterocycles. The Kier molecular flexibility index (Phi) is 7.89. The molecule has 0 amide bonds. The fourth-order valence-corrected chi connectivity index (χ4v) is 1.75. The first-order valence-corrected chi connectivity index (χ1v) is 6.49. The van der Waals surface area contributed by atoms with E-state index in [4.69, 9.17) is 10.5 Å². The molecule has 1 unspecified atom stereocenters. The highest BCUT2D eigenvalue weighted by molar-refractivity contribution is 7.87. The van der Waals surface area contributed by atoms with Gasteiger partial charge >= 0.3 is 0 Å². The van der Waals surface area contributed by atoms with Crippen molar-refractivity contribution < 1.29 is 13.2 Å². The van der Waals surface area contributed by atoms with Crippen molar-refractivity contribution in [2.45, 2.75) is 25.8 Å². The SMILES string of the molecule is CCC(N)CCNS(=O)(=O)NCCOC. The van der Waals surface area contributed by atoms with Crippen LogP contribution in [0.2, 0.25) is 0 Å². The minimum absolute atomic E-state index is 0.0478. The van der Waals surface area contributed by atoms with E-state index in [1.807, 2.05) is 6.92 Å². The Labute approximate surface area is 91.7 Å². The van der Waals surface area contributed by atoms with Gasteiger partial charge in [-0.25, -0.2) is 4.72 Å². The van der Waals surface area contributed by atoms with E-state index in [0.29, 0.717) is 19.6 Å². The van der Waals surface area contributed by atoms with Gasteiger partial charge in [-0.2, -0.15) is 13.1 Å². The molecule has 4 N–H and O–H groups in total. The highest BCUT2D eigenvalue weighted by atomic mass is 32.2. The maximum absolute atomic E-state index is 11.3. The lowest BCUT2D eigenvalue weighted by Gasteiger charge is -2.10. The van der Waals surface area contributed by atoms with Gasteiger partial charge in [-0.15, -0.1) is 0 Å². The highest BCUT2D eigenvalue weighted by Gasteiger charge is 2.08. The summed E-state index contributed by atoms with van der Waals surface area (Å²) in [4.78, 5) is 0. The van der Waals surface area contributed by atoms with Gasteiger partial charge in [-0.3, -0.25) is 0 Å². The first-order valence-electron chi connectivity index (χ1n) is 5.00. The minimum Gasteiger partial charge on any atom is -0.383 e. The Bertz CT molecular complexity index is 244. The van der Waals surface area contributed by atoms with E-state index >= 15 is 0 Å². The summed E-state index contributed by atoms with van der Waals surface area (Å²) in [5.74, 6) is 0. The second-order valence-corrected chi connectivity index (χ2v) is 4.83. The van der Waals surface area contributed by atoms with Crippen molar-refractivity contribution in [2.75, 3.05) is 26.8 Å². The summed E-state index contributed by atoms with van der Waals surface area (Å²) < 4.78 is 32.0. The third kappa shape index (κ3) is 8.76. The van der Waals surface area contributed by atoms with Gasteiger partial charge in [0.2, 0.25) is 0 Å². The number of nitrogens with two attached hydrogens (primary N) is 1. The van der Waals surface area contributed by atoms with Crippen molar-refractivity contribution in [2.24, 2.45) is 5.73 Å². The Balaban J connectivity index is 3.65. The lowest BCUT2D eigenvalue weighted by atomic mass is 10.2. The quantitative estimate of drug-likeness (QED) is 0.458. The number of hydrogen-bond acceptors (Lipinski definition) is 4. The third-order valence-electron chi connectivity index (χ3n) is 1.93. The first-order chi connectivity index (χ1) is 7.02. The van der Waals surface area contributed by atoms with E-state index in [0.717, 1.165) is 6.42 Å². The molecule has 0 fully saturated rings. The van der Waals surface area contributed by atoms with Crippen LogP contribution in [0, 0.1) is 0 Å². The van der Waals surface area contributed by atoms with Crippen molar-refractivity contribution in [3.63, 3.8) is 0 Å². The molecule has 0 bridgehead atoms. The van der Waals surface area contributed by atoms with Crippen molar-refractivity contribution in [1.29, 1.82) is 0 Å². The Morgan fingerprint density at radius 1 is 1.33 bits per heavy atom. The van der Waals surface area contributed by atoms with E-state index in [2.05, 4.69) is 9.44 Å². The van der Waals surface area contributed by atoms with Crippen LogP contribution in [0.25, 0.3) is 0 Å². The maximum Gasteiger partial charge on any atom is 0.276 e. The molecule has 0 aliphatic rings. The van der Waals surface area contributed by atoms with Gasteiger partial charge in [-0.1, -0.05) is 6.92 Å². The number of ether oxygens (including phenoxy) is 1. The summed E-state index contributed by atoms with van der Waals surface area (Å²) in [5.41, 5.74) is 5.65. The van der Waals surface area contributed by atoms with Crippen LogP contribution in [0.5, 0.6) is 0 Å². The smallest absolute Gasteiger partial charge is 0.276 e. The number of nitrogens with one attached hydrogen (secondary N) is 2. The van der Waals surface area contributed by atoms with Crippen LogP contribution in [-0.2, 0) is 14.9 Å². The normalized spacial score (nSPS) is 14.1. The summed E-state index contributed by atoms with van der Waals surface area (Å²) in [6.07, 6.45) is 1.49. The Morgan fingerprint density at radius 3 is 2.47 bits per heavy atom. The number of rotatable bonds is 9. The van der Waals surface area contributed by atoms with Crippen LogP contribution < -0.4 is 15.2 Å². The van der Waals surface area contributed by atoms with Gasteiger partial charge in [0.1, 0.15) is 0 Å². The molecule has 7 heteroatoms. The van der Waals surface area contributed by atoms with E-state index in [1.165, 1.54) is 7.11 Å². The largest absolute Gasteiger partial charge is 0.383 e. The van der Waals surface area contributed by atoms with Gasteiger partial charge in [0.25, 0.3) is 10.2 Å². The predicted octanol–water partition coefficient (Wildman–Crippen LogP) is -0.816. The Morgan fingerprint density at radius 2 is 1.93 bits per heavy atom. The highest BCUT2D eigenvalue weighted by Crippen LogP contribution is 1.91. The van der Waals surface area contributed by atoms with E-state index in [1.54, 1.807) is 0 Å². The van der Waals surface area contributed by atoms with Crippen molar-refractivity contribution >= 4 is 10.2 Å². The third-order valence-corrected chi connectivity index (χ3v) is 3.10. The molecular formula is C8H21N3O3S. The van der Waals surface area contributed by atoms with Gasteiger partial charge in [0.15, 0.2) is 0 Å². The molecule has 0 spiro atoms. The van der Waals surface area contributed by atoms with E-state index in [-0.39, 0.29) is 12.6 Å². The van der Waals surface area contributed by atoms with Crippen molar-refractivity contribution in [3.05, 3.63) is 0 Å². The number of methoxy groups -OCH3 is 1. The molecule has 0 aliphatic heterocycles. The zero-order valence-corrected chi connectivity index (χ0v) is 10.1. The molecule has 0 aromatic carbocycles. The molecule has 0 aliphatic carbocycles. The zero-order valence-electron chi connectivity index (χ0n) is 9.32. The molecular weight excluding hydrogens is 218 g/mol. The van der Waals surface area contributed by atoms with E-state index in [9.17, 15) is 8.42 Å². The van der Waals surface area contributed by atoms with Crippen LogP contribution in [0.4, 0.5) is 0 Å². The van der Waals surface area contributed by atoms with Crippen molar-refractivity contribution in [3.8, 4) is 0 Å². The lowest BCUT2D eigenvalue weighted by Crippen LogP contribution is -2.39. The van der Waals surface area contributed by atoms with Crippen LogP contribution in [0.3, 0.4) is 0 Å². The average molecular weight is 239 g/mol. The molecule has 0 saturated carbocycles. The standard InChI is InChI=1S/C8H21N3O3S/c1-3-8(9)4-5-10-15(12,13)11-6-7-14-2/h8,10-11H,3-7,9H2,1-2H3. The van der Waals surface area contributed by atoms with Gasteiger partial charge < -0.3 is 10.5 Å². The predicted molar refractivity (Wildman–Crippen MR) is 59.7 cm³/mol. The maximum atomic E-state index is 11.3. The summed E-state index contributed by atoms with van der Waals surface area (Å²) >= 11 is 0. The summed E-state index contributed by atoms with van der Waals surface area (Å²) in [7, 11) is -1.88. The average Bonchev–Trinajstić information content (AvgIpc) is 2.17. The molecule has 0 radical (unpaired) electrons. The molecule has 0 rings (SSSR count). The minimum atomic E-state index is -3.39. The molecule has 6 nitrogen and oxygen atoms in total. The lowest BCUT2D eigenvalue weighted by molar-refractivity contribution is 0.204. The van der Waals surface area contributed by atoms with Crippen molar-refractivity contribution in [1.82, 2.24) is 9.44 Å². The molecule has 92 valence electrons. The monoisotopic (exact) mass is 239 g/mol. The van der Waals surface area contributed by atoms with Gasteiger partial charge in [0.05, 0.1) is 6.61 Å². The fraction of sp³-hybridized carbons (Fsp3) is 1.00. The van der Waals surface area contributed by atoms with Crippen LogP contribution in [0.1, 0.15) is 19.8 Å². The Hall–Kier alpha value is -0.210. The zero-order chi connectivity index (χ0) is 11.7. The molecule has 0 aromatic heterocycles. The molecule has 0 aromatic rings.